The fraction of sp³-hybridized carbons (Fsp3) is 0.0667. The summed E-state index contributed by atoms with van der Waals surface area (Å²) in [6.45, 7) is 0.477. The van der Waals surface area contributed by atoms with E-state index in [1.807, 2.05) is 17.5 Å². The van der Waals surface area contributed by atoms with Crippen LogP contribution in [0.15, 0.2) is 46.4 Å². The standard InChI is InChI=1S/C15H10ClN3OS/c16-11-3-4-13(10(6-11)7-17)18-8-12-9-20-15(19-12)14-2-1-5-21-14/h1-6,9,18H,8H2. The van der Waals surface area contributed by atoms with Gasteiger partial charge < -0.3 is 9.73 Å². The Bertz CT molecular complexity index is 790. The lowest BCUT2D eigenvalue weighted by Gasteiger charge is -2.06. The average Bonchev–Trinajstić information content (AvgIpc) is 3.16. The summed E-state index contributed by atoms with van der Waals surface area (Å²) in [4.78, 5) is 5.40. The fourth-order valence-electron chi connectivity index (χ4n) is 1.85. The monoisotopic (exact) mass is 315 g/mol. The molecule has 0 saturated carbocycles. The highest BCUT2D eigenvalue weighted by Gasteiger charge is 2.08. The zero-order valence-electron chi connectivity index (χ0n) is 10.8. The molecule has 0 atom stereocenters. The second-order valence-corrected chi connectivity index (χ2v) is 5.66. The lowest BCUT2D eigenvalue weighted by molar-refractivity contribution is 0.574. The van der Waals surface area contributed by atoms with Crippen LogP contribution in [0.2, 0.25) is 5.02 Å². The predicted molar refractivity (Wildman–Crippen MR) is 83.3 cm³/mol. The van der Waals surface area contributed by atoms with Gasteiger partial charge in [-0.15, -0.1) is 11.3 Å². The highest BCUT2D eigenvalue weighted by atomic mass is 35.5. The number of nitrogens with zero attached hydrogens (tertiary/aromatic N) is 2. The van der Waals surface area contributed by atoms with Crippen LogP contribution in [-0.2, 0) is 6.54 Å². The molecule has 0 spiro atoms. The summed E-state index contributed by atoms with van der Waals surface area (Å²) in [5.41, 5.74) is 2.00. The molecule has 104 valence electrons. The van der Waals surface area contributed by atoms with E-state index in [1.54, 1.807) is 35.8 Å². The van der Waals surface area contributed by atoms with Gasteiger partial charge in [0, 0.05) is 5.02 Å². The molecule has 3 aromatic rings. The molecule has 0 aliphatic heterocycles. The summed E-state index contributed by atoms with van der Waals surface area (Å²) < 4.78 is 5.45. The Balaban J connectivity index is 1.73. The van der Waals surface area contributed by atoms with E-state index in [1.165, 1.54) is 0 Å². The largest absolute Gasteiger partial charge is 0.443 e. The van der Waals surface area contributed by atoms with Crippen LogP contribution in [0.3, 0.4) is 0 Å². The summed E-state index contributed by atoms with van der Waals surface area (Å²) in [6.07, 6.45) is 1.62. The summed E-state index contributed by atoms with van der Waals surface area (Å²) in [5, 5.41) is 14.8. The lowest BCUT2D eigenvalue weighted by Crippen LogP contribution is -2.01. The smallest absolute Gasteiger partial charge is 0.236 e. The van der Waals surface area contributed by atoms with Gasteiger partial charge >= 0.3 is 0 Å². The van der Waals surface area contributed by atoms with E-state index in [2.05, 4.69) is 16.4 Å². The van der Waals surface area contributed by atoms with Gasteiger partial charge in [0.15, 0.2) is 0 Å². The molecule has 4 nitrogen and oxygen atoms in total. The van der Waals surface area contributed by atoms with Crippen molar-refractivity contribution in [3.05, 3.63) is 58.3 Å². The van der Waals surface area contributed by atoms with Crippen LogP contribution in [0.4, 0.5) is 5.69 Å². The van der Waals surface area contributed by atoms with E-state index in [4.69, 9.17) is 21.3 Å². The Kier molecular flexibility index (Phi) is 3.91. The topological polar surface area (TPSA) is 61.9 Å². The van der Waals surface area contributed by atoms with Crippen LogP contribution in [-0.4, -0.2) is 4.98 Å². The summed E-state index contributed by atoms with van der Waals surface area (Å²) in [6, 6.07) is 11.2. The minimum Gasteiger partial charge on any atom is -0.443 e. The molecule has 0 unspecified atom stereocenters. The van der Waals surface area contributed by atoms with Gasteiger partial charge in [0.1, 0.15) is 12.3 Å². The number of nitriles is 1. The molecular weight excluding hydrogens is 306 g/mol. The first-order valence-electron chi connectivity index (χ1n) is 6.18. The molecule has 0 aliphatic carbocycles. The first kappa shape index (κ1) is 13.7. The minimum atomic E-state index is 0.477. The quantitative estimate of drug-likeness (QED) is 0.767. The molecule has 1 aromatic carbocycles. The van der Waals surface area contributed by atoms with E-state index in [9.17, 15) is 0 Å². The highest BCUT2D eigenvalue weighted by Crippen LogP contribution is 2.24. The molecule has 0 fully saturated rings. The Morgan fingerprint density at radius 3 is 3.05 bits per heavy atom. The number of hydrogen-bond acceptors (Lipinski definition) is 5. The maximum atomic E-state index is 9.09. The number of benzene rings is 1. The van der Waals surface area contributed by atoms with Crippen LogP contribution < -0.4 is 5.32 Å². The Hall–Kier alpha value is -2.29. The number of rotatable bonds is 4. The molecule has 6 heteroatoms. The molecule has 2 aromatic heterocycles. The van der Waals surface area contributed by atoms with Crippen molar-refractivity contribution < 1.29 is 4.42 Å². The van der Waals surface area contributed by atoms with Crippen molar-refractivity contribution in [2.45, 2.75) is 6.54 Å². The number of oxazole rings is 1. The number of hydrogen-bond donors (Lipinski definition) is 1. The van der Waals surface area contributed by atoms with Crippen LogP contribution >= 0.6 is 22.9 Å². The molecule has 0 aliphatic rings. The van der Waals surface area contributed by atoms with Crippen LogP contribution in [0.5, 0.6) is 0 Å². The lowest BCUT2D eigenvalue weighted by atomic mass is 10.2. The van der Waals surface area contributed by atoms with Gasteiger partial charge in [-0.3, -0.25) is 0 Å². The number of nitrogens with one attached hydrogen (secondary N) is 1. The van der Waals surface area contributed by atoms with Crippen molar-refractivity contribution in [2.75, 3.05) is 5.32 Å². The number of thiophene rings is 1. The molecule has 1 N–H and O–H groups in total. The Labute approximate surface area is 130 Å². The van der Waals surface area contributed by atoms with Crippen molar-refractivity contribution in [3.8, 4) is 16.8 Å². The molecular formula is C15H10ClN3OS. The Morgan fingerprint density at radius 1 is 1.38 bits per heavy atom. The molecule has 0 bridgehead atoms. The van der Waals surface area contributed by atoms with Gasteiger partial charge in [-0.1, -0.05) is 17.7 Å². The maximum absolute atomic E-state index is 9.09. The molecule has 2 heterocycles. The third kappa shape index (κ3) is 3.07. The fourth-order valence-corrected chi connectivity index (χ4v) is 2.68. The summed E-state index contributed by atoms with van der Waals surface area (Å²) in [7, 11) is 0. The van der Waals surface area contributed by atoms with Crippen LogP contribution in [0, 0.1) is 11.3 Å². The van der Waals surface area contributed by atoms with E-state index < -0.39 is 0 Å². The first-order chi connectivity index (χ1) is 10.3. The van der Waals surface area contributed by atoms with Gasteiger partial charge in [0.25, 0.3) is 0 Å². The van der Waals surface area contributed by atoms with E-state index in [-0.39, 0.29) is 0 Å². The minimum absolute atomic E-state index is 0.477. The van der Waals surface area contributed by atoms with Crippen molar-refractivity contribution in [3.63, 3.8) is 0 Å². The SMILES string of the molecule is N#Cc1cc(Cl)ccc1NCc1coc(-c2cccs2)n1. The average molecular weight is 316 g/mol. The highest BCUT2D eigenvalue weighted by molar-refractivity contribution is 7.13. The normalized spacial score (nSPS) is 10.3. The number of anilines is 1. The van der Waals surface area contributed by atoms with Crippen molar-refractivity contribution in [2.24, 2.45) is 0 Å². The van der Waals surface area contributed by atoms with E-state index in [0.717, 1.165) is 16.3 Å². The third-order valence-electron chi connectivity index (χ3n) is 2.85. The van der Waals surface area contributed by atoms with E-state index in [0.29, 0.717) is 23.0 Å². The zero-order chi connectivity index (χ0) is 14.7. The molecule has 3 rings (SSSR count). The summed E-state index contributed by atoms with van der Waals surface area (Å²) in [5.74, 6) is 0.610. The number of halogens is 1. The molecule has 0 amide bonds. The van der Waals surface area contributed by atoms with E-state index >= 15 is 0 Å². The number of aromatic nitrogens is 1. The van der Waals surface area contributed by atoms with Gasteiger partial charge in [-0.25, -0.2) is 4.98 Å². The van der Waals surface area contributed by atoms with Gasteiger partial charge in [-0.2, -0.15) is 5.26 Å². The molecule has 21 heavy (non-hydrogen) atoms. The predicted octanol–water partition coefficient (Wildman–Crippen LogP) is 4.54. The Morgan fingerprint density at radius 2 is 2.29 bits per heavy atom. The van der Waals surface area contributed by atoms with Gasteiger partial charge in [0.2, 0.25) is 5.89 Å². The van der Waals surface area contributed by atoms with Crippen LogP contribution in [0.25, 0.3) is 10.8 Å². The van der Waals surface area contributed by atoms with Crippen LogP contribution in [0.1, 0.15) is 11.3 Å². The van der Waals surface area contributed by atoms with Crippen molar-refractivity contribution in [1.29, 1.82) is 5.26 Å². The molecule has 0 radical (unpaired) electrons. The second kappa shape index (κ2) is 6.00. The van der Waals surface area contributed by atoms with Crippen molar-refractivity contribution in [1.82, 2.24) is 4.98 Å². The second-order valence-electron chi connectivity index (χ2n) is 4.28. The zero-order valence-corrected chi connectivity index (χ0v) is 12.4. The maximum Gasteiger partial charge on any atom is 0.236 e. The molecule has 0 saturated heterocycles. The third-order valence-corrected chi connectivity index (χ3v) is 3.94. The van der Waals surface area contributed by atoms with Crippen molar-refractivity contribution >= 4 is 28.6 Å². The van der Waals surface area contributed by atoms with Gasteiger partial charge in [0.05, 0.1) is 28.4 Å². The first-order valence-corrected chi connectivity index (χ1v) is 7.44. The van der Waals surface area contributed by atoms with Gasteiger partial charge in [-0.05, 0) is 29.6 Å². The summed E-state index contributed by atoms with van der Waals surface area (Å²) >= 11 is 7.45.